The Morgan fingerprint density at radius 1 is 1.47 bits per heavy atom. The fourth-order valence-corrected chi connectivity index (χ4v) is 0.750. The van der Waals surface area contributed by atoms with Crippen LogP contribution in [0.15, 0.2) is 0 Å². The second kappa shape index (κ2) is 6.36. The van der Waals surface area contributed by atoms with Gasteiger partial charge in [0.2, 0.25) is 5.91 Å². The van der Waals surface area contributed by atoms with Crippen LogP contribution in [0.3, 0.4) is 0 Å². The number of aliphatic hydroxyl groups excluding tert-OH is 2. The maximum Gasteiger partial charge on any atom is 0.314 e. The van der Waals surface area contributed by atoms with E-state index in [-0.39, 0.29) is 5.91 Å². The zero-order chi connectivity index (χ0) is 11.9. The summed E-state index contributed by atoms with van der Waals surface area (Å²) in [6.45, 7) is 1.08. The Kier molecular flexibility index (Phi) is 5.88. The minimum atomic E-state index is -1.39. The van der Waals surface area contributed by atoms with Gasteiger partial charge in [-0.1, -0.05) is 0 Å². The Balaban J connectivity index is 0.000000280. The van der Waals surface area contributed by atoms with Crippen LogP contribution in [0.5, 0.6) is 0 Å². The van der Waals surface area contributed by atoms with Crippen LogP contribution in [0.2, 0.25) is 0 Å². The molecule has 0 aromatic carbocycles. The highest BCUT2D eigenvalue weighted by Crippen LogP contribution is 2.12. The fourth-order valence-electron chi connectivity index (χ4n) is 0.750. The third-order valence-electron chi connectivity index (χ3n) is 2.12. The monoisotopic (exact) mass is 219 g/mol. The summed E-state index contributed by atoms with van der Waals surface area (Å²) in [5.74, 6) is -0.984. The van der Waals surface area contributed by atoms with Crippen LogP contribution in [0.4, 0.5) is 0 Å². The molecule has 1 fully saturated rings. The Bertz CT molecular complexity index is 217. The van der Waals surface area contributed by atoms with E-state index in [0.29, 0.717) is 0 Å². The van der Waals surface area contributed by atoms with Crippen molar-refractivity contribution in [1.82, 2.24) is 5.32 Å². The number of aliphatic carboxylic acids is 1. The number of hydrogen-bond donors (Lipinski definition) is 4. The molecule has 0 spiro atoms. The first-order chi connectivity index (χ1) is 6.96. The normalized spacial score (nSPS) is 15.3. The summed E-state index contributed by atoms with van der Waals surface area (Å²) in [4.78, 5) is 20.3. The van der Waals surface area contributed by atoms with Crippen molar-refractivity contribution in [3.63, 3.8) is 0 Å². The van der Waals surface area contributed by atoms with Gasteiger partial charge in [-0.15, -0.1) is 0 Å². The molecule has 0 aromatic rings. The van der Waals surface area contributed by atoms with Gasteiger partial charge in [-0.2, -0.15) is 0 Å². The van der Waals surface area contributed by atoms with Gasteiger partial charge in [-0.3, -0.25) is 9.59 Å². The van der Waals surface area contributed by atoms with Gasteiger partial charge in [-0.05, 0) is 13.3 Å². The average molecular weight is 219 g/mol. The molecule has 0 aliphatic carbocycles. The third kappa shape index (κ3) is 4.75. The molecule has 4 N–H and O–H groups in total. The standard InChI is InChI=1S/C5H10O4.C4H7NO/c1-5(2-6,3-7)4(8)9;6-4-2-1-3-5-4/h6-7H,2-3H2,1H3,(H,8,9);1-3H2,(H,5,6). The number of carbonyl (C=O) groups is 2. The van der Waals surface area contributed by atoms with E-state index in [1.807, 2.05) is 0 Å². The van der Waals surface area contributed by atoms with Gasteiger partial charge in [-0.25, -0.2) is 0 Å². The summed E-state index contributed by atoms with van der Waals surface area (Å²) < 4.78 is 0. The largest absolute Gasteiger partial charge is 0.481 e. The van der Waals surface area contributed by atoms with Crippen molar-refractivity contribution in [3.8, 4) is 0 Å². The number of nitrogens with one attached hydrogen (secondary N) is 1. The van der Waals surface area contributed by atoms with Crippen LogP contribution in [0, 0.1) is 5.41 Å². The first-order valence-electron chi connectivity index (χ1n) is 4.68. The first kappa shape index (κ1) is 13.9. The molecule has 1 aliphatic rings. The Labute approximate surface area is 87.9 Å². The lowest BCUT2D eigenvalue weighted by Gasteiger charge is -2.17. The van der Waals surface area contributed by atoms with Crippen LogP contribution >= 0.6 is 0 Å². The first-order valence-corrected chi connectivity index (χ1v) is 4.68. The van der Waals surface area contributed by atoms with E-state index in [1.54, 1.807) is 0 Å². The molecule has 1 heterocycles. The maximum atomic E-state index is 10.2. The van der Waals surface area contributed by atoms with Gasteiger partial charge in [0, 0.05) is 13.0 Å². The lowest BCUT2D eigenvalue weighted by atomic mass is 9.94. The highest BCUT2D eigenvalue weighted by molar-refractivity contribution is 5.77. The molecule has 0 radical (unpaired) electrons. The van der Waals surface area contributed by atoms with E-state index in [1.165, 1.54) is 6.92 Å². The molecule has 0 atom stereocenters. The SMILES string of the molecule is CC(CO)(CO)C(=O)O.O=C1CCCN1. The van der Waals surface area contributed by atoms with Crippen LogP contribution in [0.1, 0.15) is 19.8 Å². The van der Waals surface area contributed by atoms with E-state index in [0.717, 1.165) is 19.4 Å². The molecule has 1 aliphatic heterocycles. The van der Waals surface area contributed by atoms with Crippen LogP contribution < -0.4 is 5.32 Å². The number of rotatable bonds is 3. The number of carboxylic acid groups (broad SMARTS) is 1. The molecular formula is C9H17NO5. The molecular weight excluding hydrogens is 202 g/mol. The highest BCUT2D eigenvalue weighted by atomic mass is 16.4. The summed E-state index contributed by atoms with van der Waals surface area (Å²) in [5.41, 5.74) is -1.39. The van der Waals surface area contributed by atoms with E-state index in [4.69, 9.17) is 15.3 Å². The molecule has 0 unspecified atom stereocenters. The second-order valence-electron chi connectivity index (χ2n) is 3.64. The van der Waals surface area contributed by atoms with Crippen LogP contribution in [-0.4, -0.2) is 47.0 Å². The second-order valence-corrected chi connectivity index (χ2v) is 3.64. The van der Waals surface area contributed by atoms with Gasteiger partial charge in [0.1, 0.15) is 5.41 Å². The smallest absolute Gasteiger partial charge is 0.314 e. The number of amides is 1. The molecule has 6 heteroatoms. The molecule has 0 saturated carbocycles. The van der Waals surface area contributed by atoms with Crippen molar-refractivity contribution < 1.29 is 24.9 Å². The molecule has 0 bridgehead atoms. The third-order valence-corrected chi connectivity index (χ3v) is 2.12. The summed E-state index contributed by atoms with van der Waals surface area (Å²) in [6.07, 6.45) is 1.76. The minimum absolute atomic E-state index is 0.204. The van der Waals surface area contributed by atoms with Crippen molar-refractivity contribution in [2.45, 2.75) is 19.8 Å². The van der Waals surface area contributed by atoms with Gasteiger partial charge in [0.15, 0.2) is 0 Å². The lowest BCUT2D eigenvalue weighted by molar-refractivity contribution is -0.152. The van der Waals surface area contributed by atoms with Crippen LogP contribution in [-0.2, 0) is 9.59 Å². The quantitative estimate of drug-likeness (QED) is 0.485. The van der Waals surface area contributed by atoms with Gasteiger partial charge in [0.05, 0.1) is 13.2 Å². The molecule has 1 amide bonds. The molecule has 0 aromatic heterocycles. The van der Waals surface area contributed by atoms with E-state index in [2.05, 4.69) is 5.32 Å². The topological polar surface area (TPSA) is 107 Å². The van der Waals surface area contributed by atoms with Crippen molar-refractivity contribution in [2.24, 2.45) is 5.41 Å². The van der Waals surface area contributed by atoms with Crippen molar-refractivity contribution >= 4 is 11.9 Å². The lowest BCUT2D eigenvalue weighted by Crippen LogP contribution is -2.35. The number of aliphatic hydroxyl groups is 2. The summed E-state index contributed by atoms with van der Waals surface area (Å²) in [6, 6.07) is 0. The number of carbonyl (C=O) groups excluding carboxylic acids is 1. The van der Waals surface area contributed by atoms with Crippen molar-refractivity contribution in [2.75, 3.05) is 19.8 Å². The van der Waals surface area contributed by atoms with Crippen LogP contribution in [0.25, 0.3) is 0 Å². The molecule has 6 nitrogen and oxygen atoms in total. The Morgan fingerprint density at radius 2 is 2.00 bits per heavy atom. The predicted molar refractivity (Wildman–Crippen MR) is 52.2 cm³/mol. The minimum Gasteiger partial charge on any atom is -0.481 e. The van der Waals surface area contributed by atoms with Crippen molar-refractivity contribution in [1.29, 1.82) is 0 Å². The maximum absolute atomic E-state index is 10.2. The molecule has 1 saturated heterocycles. The predicted octanol–water partition coefficient (Wildman–Crippen LogP) is -1.04. The summed E-state index contributed by atoms with van der Waals surface area (Å²) in [5, 5.41) is 27.8. The van der Waals surface area contributed by atoms with Gasteiger partial charge >= 0.3 is 5.97 Å². The Hall–Kier alpha value is -1.14. The van der Waals surface area contributed by atoms with E-state index < -0.39 is 24.6 Å². The Morgan fingerprint density at radius 3 is 2.07 bits per heavy atom. The zero-order valence-electron chi connectivity index (χ0n) is 8.69. The van der Waals surface area contributed by atoms with Gasteiger partial charge < -0.3 is 20.6 Å². The highest BCUT2D eigenvalue weighted by Gasteiger charge is 2.31. The summed E-state index contributed by atoms with van der Waals surface area (Å²) in [7, 11) is 0. The average Bonchev–Trinajstić information content (AvgIpc) is 2.68. The van der Waals surface area contributed by atoms with Gasteiger partial charge in [0.25, 0.3) is 0 Å². The molecule has 15 heavy (non-hydrogen) atoms. The van der Waals surface area contributed by atoms with Crippen molar-refractivity contribution in [3.05, 3.63) is 0 Å². The van der Waals surface area contributed by atoms with E-state index in [9.17, 15) is 9.59 Å². The number of carboxylic acids is 1. The zero-order valence-corrected chi connectivity index (χ0v) is 8.69. The fraction of sp³-hybridized carbons (Fsp3) is 0.778. The molecule has 1 rings (SSSR count). The summed E-state index contributed by atoms with van der Waals surface area (Å²) >= 11 is 0. The van der Waals surface area contributed by atoms with E-state index >= 15 is 0 Å². The number of hydrogen-bond acceptors (Lipinski definition) is 4. The molecule has 88 valence electrons.